The molecule has 0 bridgehead atoms. The number of ether oxygens (including phenoxy) is 1. The largest absolute Gasteiger partial charge is 0.379 e. The van der Waals surface area contributed by atoms with Crippen LogP contribution in [0.1, 0.15) is 31.7 Å². The third-order valence-electron chi connectivity index (χ3n) is 3.47. The highest BCUT2D eigenvalue weighted by Crippen LogP contribution is 2.03. The number of rotatable bonds is 10. The molecule has 130 valence electrons. The van der Waals surface area contributed by atoms with Crippen molar-refractivity contribution < 1.29 is 9.53 Å². The van der Waals surface area contributed by atoms with Crippen LogP contribution < -0.4 is 5.32 Å². The van der Waals surface area contributed by atoms with Gasteiger partial charge in [-0.05, 0) is 42.7 Å². The molecule has 1 aromatic heterocycles. The fourth-order valence-corrected chi connectivity index (χ4v) is 2.23. The van der Waals surface area contributed by atoms with Gasteiger partial charge in [0.1, 0.15) is 0 Å². The van der Waals surface area contributed by atoms with E-state index in [9.17, 15) is 4.79 Å². The Balaban J connectivity index is 1.73. The topological polar surface area (TPSA) is 81.9 Å². The van der Waals surface area contributed by atoms with Crippen LogP contribution in [0.3, 0.4) is 0 Å². The number of carbonyl (C=O) groups excluding carboxylic acids is 1. The van der Waals surface area contributed by atoms with E-state index >= 15 is 0 Å². The molecule has 0 atom stereocenters. The number of aromatic nitrogens is 4. The molecule has 7 heteroatoms. The number of tetrazole rings is 1. The maximum Gasteiger partial charge on any atom is 0.227 e. The first-order chi connectivity index (χ1) is 11.6. The minimum Gasteiger partial charge on any atom is -0.379 e. The highest BCUT2D eigenvalue weighted by Gasteiger charge is 2.11. The van der Waals surface area contributed by atoms with Gasteiger partial charge in [0.2, 0.25) is 5.91 Å². The van der Waals surface area contributed by atoms with Crippen molar-refractivity contribution in [3.05, 3.63) is 41.7 Å². The molecule has 24 heavy (non-hydrogen) atoms. The van der Waals surface area contributed by atoms with Crippen molar-refractivity contribution >= 4 is 5.91 Å². The Morgan fingerprint density at radius 3 is 2.83 bits per heavy atom. The summed E-state index contributed by atoms with van der Waals surface area (Å²) in [5.74, 6) is 0.511. The predicted molar refractivity (Wildman–Crippen MR) is 90.4 cm³/mol. The Morgan fingerprint density at radius 1 is 1.29 bits per heavy atom. The molecular weight excluding hydrogens is 306 g/mol. The summed E-state index contributed by atoms with van der Waals surface area (Å²) < 4.78 is 7.12. The molecule has 1 aromatic carbocycles. The van der Waals surface area contributed by atoms with Gasteiger partial charge in [-0.2, -0.15) is 0 Å². The van der Waals surface area contributed by atoms with E-state index in [2.05, 4.69) is 33.0 Å². The molecule has 0 spiro atoms. The lowest BCUT2D eigenvalue weighted by atomic mass is 10.1. The fraction of sp³-hybridized carbons (Fsp3) is 0.529. The summed E-state index contributed by atoms with van der Waals surface area (Å²) in [4.78, 5) is 12.0. The number of carbonyl (C=O) groups is 1. The molecule has 0 saturated heterocycles. The lowest BCUT2D eigenvalue weighted by Crippen LogP contribution is -2.28. The van der Waals surface area contributed by atoms with Crippen molar-refractivity contribution in [2.45, 2.75) is 45.8 Å². The molecule has 1 heterocycles. The smallest absolute Gasteiger partial charge is 0.227 e. The average Bonchev–Trinajstić information content (AvgIpc) is 3.00. The fourth-order valence-electron chi connectivity index (χ4n) is 2.23. The van der Waals surface area contributed by atoms with E-state index in [4.69, 9.17) is 4.74 Å². The van der Waals surface area contributed by atoms with Crippen LogP contribution in [0.2, 0.25) is 0 Å². The van der Waals surface area contributed by atoms with E-state index in [1.807, 2.05) is 32.0 Å². The van der Waals surface area contributed by atoms with Crippen LogP contribution in [0.4, 0.5) is 0 Å². The molecule has 0 aliphatic heterocycles. The number of hydrogen-bond donors (Lipinski definition) is 1. The van der Waals surface area contributed by atoms with Crippen LogP contribution in [-0.2, 0) is 28.9 Å². The summed E-state index contributed by atoms with van der Waals surface area (Å²) in [6, 6.07) is 10.1. The summed E-state index contributed by atoms with van der Waals surface area (Å²) in [5, 5.41) is 14.5. The molecule has 0 aliphatic rings. The number of hydrogen-bond acceptors (Lipinski definition) is 5. The van der Waals surface area contributed by atoms with Crippen LogP contribution in [0.25, 0.3) is 0 Å². The van der Waals surface area contributed by atoms with Crippen LogP contribution in [0.5, 0.6) is 0 Å². The lowest BCUT2D eigenvalue weighted by Gasteiger charge is -2.08. The first-order valence-electron chi connectivity index (χ1n) is 8.32. The molecule has 0 saturated carbocycles. The van der Waals surface area contributed by atoms with E-state index in [1.165, 1.54) is 5.56 Å². The van der Waals surface area contributed by atoms with E-state index in [0.717, 1.165) is 12.8 Å². The minimum absolute atomic E-state index is 0.0738. The SMILES string of the molecule is CC(C)OCCCNC(=O)Cc1nnnn1CCc1ccccc1. The highest BCUT2D eigenvalue weighted by molar-refractivity contribution is 5.77. The zero-order valence-corrected chi connectivity index (χ0v) is 14.3. The van der Waals surface area contributed by atoms with Crippen molar-refractivity contribution in [1.29, 1.82) is 0 Å². The second-order valence-corrected chi connectivity index (χ2v) is 5.85. The first kappa shape index (κ1) is 18.1. The normalized spacial score (nSPS) is 11.0. The predicted octanol–water partition coefficient (Wildman–Crippen LogP) is 1.39. The van der Waals surface area contributed by atoms with Crippen molar-refractivity contribution in [3.8, 4) is 0 Å². The van der Waals surface area contributed by atoms with E-state index in [0.29, 0.717) is 25.5 Å². The molecule has 0 unspecified atom stereocenters. The number of nitrogens with one attached hydrogen (secondary N) is 1. The zero-order valence-electron chi connectivity index (χ0n) is 14.3. The van der Waals surface area contributed by atoms with E-state index in [-0.39, 0.29) is 18.4 Å². The van der Waals surface area contributed by atoms with Gasteiger partial charge in [0.05, 0.1) is 12.5 Å². The van der Waals surface area contributed by atoms with Gasteiger partial charge in [0, 0.05) is 19.7 Å². The molecule has 2 rings (SSSR count). The number of benzene rings is 1. The monoisotopic (exact) mass is 331 g/mol. The summed E-state index contributed by atoms with van der Waals surface area (Å²) in [5.41, 5.74) is 1.22. The molecule has 7 nitrogen and oxygen atoms in total. The molecule has 1 amide bonds. The molecule has 2 aromatic rings. The second kappa shape index (κ2) is 9.77. The van der Waals surface area contributed by atoms with Gasteiger partial charge in [-0.1, -0.05) is 30.3 Å². The Hall–Kier alpha value is -2.28. The van der Waals surface area contributed by atoms with Gasteiger partial charge in [-0.15, -0.1) is 5.10 Å². The standard InChI is InChI=1S/C17H25N5O2/c1-14(2)24-12-6-10-18-17(23)13-16-19-20-21-22(16)11-9-15-7-4-3-5-8-15/h3-5,7-8,14H,6,9-13H2,1-2H3,(H,18,23). The summed E-state index contributed by atoms with van der Waals surface area (Å²) in [6.45, 7) is 5.88. The van der Waals surface area contributed by atoms with Crippen molar-refractivity contribution in [3.63, 3.8) is 0 Å². The molecule has 1 N–H and O–H groups in total. The van der Waals surface area contributed by atoms with Gasteiger partial charge >= 0.3 is 0 Å². The zero-order chi connectivity index (χ0) is 17.2. The molecule has 0 aliphatic carbocycles. The number of nitrogens with zero attached hydrogens (tertiary/aromatic N) is 4. The number of amides is 1. The summed E-state index contributed by atoms with van der Waals surface area (Å²) >= 11 is 0. The van der Waals surface area contributed by atoms with Gasteiger partial charge < -0.3 is 10.1 Å². The highest BCUT2D eigenvalue weighted by atomic mass is 16.5. The van der Waals surface area contributed by atoms with E-state index in [1.54, 1.807) is 4.68 Å². The van der Waals surface area contributed by atoms with E-state index < -0.39 is 0 Å². The average molecular weight is 331 g/mol. The van der Waals surface area contributed by atoms with Crippen LogP contribution in [0.15, 0.2) is 30.3 Å². The van der Waals surface area contributed by atoms with Crippen LogP contribution >= 0.6 is 0 Å². The van der Waals surface area contributed by atoms with Crippen LogP contribution in [0, 0.1) is 0 Å². The molecule has 0 radical (unpaired) electrons. The third-order valence-corrected chi connectivity index (χ3v) is 3.47. The van der Waals surface area contributed by atoms with Crippen molar-refractivity contribution in [1.82, 2.24) is 25.5 Å². The number of aryl methyl sites for hydroxylation is 2. The Labute approximate surface area is 142 Å². The van der Waals surface area contributed by atoms with Gasteiger partial charge in [0.15, 0.2) is 5.82 Å². The third kappa shape index (κ3) is 6.45. The Morgan fingerprint density at radius 2 is 2.08 bits per heavy atom. The molecular formula is C17H25N5O2. The lowest BCUT2D eigenvalue weighted by molar-refractivity contribution is -0.120. The van der Waals surface area contributed by atoms with Crippen LogP contribution in [-0.4, -0.2) is 45.4 Å². The first-order valence-corrected chi connectivity index (χ1v) is 8.32. The van der Waals surface area contributed by atoms with Gasteiger partial charge in [-0.3, -0.25) is 4.79 Å². The molecule has 0 fully saturated rings. The van der Waals surface area contributed by atoms with Crippen molar-refractivity contribution in [2.75, 3.05) is 13.2 Å². The quantitative estimate of drug-likeness (QED) is 0.665. The summed E-state index contributed by atoms with van der Waals surface area (Å²) in [6.07, 6.45) is 2.03. The van der Waals surface area contributed by atoms with Gasteiger partial charge in [-0.25, -0.2) is 4.68 Å². The summed E-state index contributed by atoms with van der Waals surface area (Å²) in [7, 11) is 0. The Bertz CT molecular complexity index is 612. The maximum absolute atomic E-state index is 12.0. The maximum atomic E-state index is 12.0. The second-order valence-electron chi connectivity index (χ2n) is 5.85. The minimum atomic E-state index is -0.0738. The van der Waals surface area contributed by atoms with Crippen molar-refractivity contribution in [2.24, 2.45) is 0 Å². The van der Waals surface area contributed by atoms with Gasteiger partial charge in [0.25, 0.3) is 0 Å². The Kier molecular flexibility index (Phi) is 7.35.